The van der Waals surface area contributed by atoms with Gasteiger partial charge in [-0.05, 0) is 21.9 Å². The molecule has 3 nitrogen and oxygen atoms in total. The minimum absolute atomic E-state index is 0.328. The molecule has 0 aliphatic heterocycles. The van der Waals surface area contributed by atoms with Crippen LogP contribution in [0, 0.1) is 0 Å². The summed E-state index contributed by atoms with van der Waals surface area (Å²) in [5, 5.41) is 2.05. The summed E-state index contributed by atoms with van der Waals surface area (Å²) in [6, 6.07) is 23.1. The average molecular weight is 312 g/mol. The smallest absolute Gasteiger partial charge is 0.265 e. The fourth-order valence-electron chi connectivity index (χ4n) is 2.82. The van der Waals surface area contributed by atoms with Crippen LogP contribution in [-0.4, -0.2) is 18.7 Å². The first-order valence-corrected chi connectivity index (χ1v) is 8.63. The van der Waals surface area contributed by atoms with Gasteiger partial charge in [0, 0.05) is 5.92 Å². The predicted molar refractivity (Wildman–Crippen MR) is 88.6 cm³/mol. The van der Waals surface area contributed by atoms with E-state index in [2.05, 4.69) is 0 Å². The van der Waals surface area contributed by atoms with Gasteiger partial charge in [-0.3, -0.25) is 4.55 Å². The number of hydrogen-bond acceptors (Lipinski definition) is 2. The Morgan fingerprint density at radius 2 is 1.45 bits per heavy atom. The summed E-state index contributed by atoms with van der Waals surface area (Å²) >= 11 is 0. The molecule has 0 fully saturated rings. The molecule has 22 heavy (non-hydrogen) atoms. The molecule has 0 bridgehead atoms. The Hall–Kier alpha value is -2.17. The van der Waals surface area contributed by atoms with Gasteiger partial charge in [0.1, 0.15) is 0 Å². The molecule has 1 atom stereocenters. The summed E-state index contributed by atoms with van der Waals surface area (Å²) in [6.07, 6.45) is 0. The van der Waals surface area contributed by atoms with Crippen LogP contribution in [0.1, 0.15) is 17.0 Å². The molecular formula is C18H16O3S. The molecule has 0 aliphatic carbocycles. The van der Waals surface area contributed by atoms with Crippen LogP contribution < -0.4 is 0 Å². The van der Waals surface area contributed by atoms with Crippen molar-refractivity contribution in [2.45, 2.75) is 5.92 Å². The molecule has 3 aromatic carbocycles. The first-order valence-electron chi connectivity index (χ1n) is 7.02. The standard InChI is InChI=1S/C18H16O3S/c19-22(20,21)13-18(15-7-2-1-3-8-15)17-12-6-10-14-9-4-5-11-16(14)17/h1-12,18H,13H2,(H,19,20,21). The Morgan fingerprint density at radius 3 is 2.18 bits per heavy atom. The van der Waals surface area contributed by atoms with Gasteiger partial charge in [-0.15, -0.1) is 0 Å². The van der Waals surface area contributed by atoms with Gasteiger partial charge < -0.3 is 0 Å². The van der Waals surface area contributed by atoms with Crippen molar-refractivity contribution < 1.29 is 13.0 Å². The molecule has 1 N–H and O–H groups in total. The zero-order chi connectivity index (χ0) is 15.6. The lowest BCUT2D eigenvalue weighted by molar-refractivity contribution is 0.480. The minimum atomic E-state index is -4.09. The van der Waals surface area contributed by atoms with Crippen LogP contribution in [0.5, 0.6) is 0 Å². The van der Waals surface area contributed by atoms with E-state index in [-0.39, 0.29) is 5.75 Å². The third kappa shape index (κ3) is 3.18. The van der Waals surface area contributed by atoms with E-state index < -0.39 is 16.0 Å². The Labute approximate surface area is 130 Å². The first kappa shape index (κ1) is 14.8. The molecule has 4 heteroatoms. The summed E-state index contributed by atoms with van der Waals surface area (Å²) in [6.45, 7) is 0. The third-order valence-electron chi connectivity index (χ3n) is 3.78. The van der Waals surface area contributed by atoms with Crippen molar-refractivity contribution in [3.05, 3.63) is 83.9 Å². The van der Waals surface area contributed by atoms with E-state index in [1.165, 1.54) is 0 Å². The quantitative estimate of drug-likeness (QED) is 0.744. The SMILES string of the molecule is O=S(=O)(O)CC(c1ccccc1)c1cccc2ccccc12. The van der Waals surface area contributed by atoms with Gasteiger partial charge >= 0.3 is 0 Å². The largest absolute Gasteiger partial charge is 0.286 e. The van der Waals surface area contributed by atoms with Crippen LogP contribution in [0.4, 0.5) is 0 Å². The van der Waals surface area contributed by atoms with Crippen LogP contribution in [0.25, 0.3) is 10.8 Å². The molecule has 3 aromatic rings. The van der Waals surface area contributed by atoms with Gasteiger partial charge in [-0.25, -0.2) is 0 Å². The fraction of sp³-hybridized carbons (Fsp3) is 0.111. The Morgan fingerprint density at radius 1 is 0.818 bits per heavy atom. The summed E-state index contributed by atoms with van der Waals surface area (Å²) in [7, 11) is -4.09. The number of hydrogen-bond donors (Lipinski definition) is 1. The zero-order valence-electron chi connectivity index (χ0n) is 11.9. The van der Waals surface area contributed by atoms with Crippen molar-refractivity contribution in [3.63, 3.8) is 0 Å². The molecule has 0 saturated heterocycles. The van der Waals surface area contributed by atoms with Crippen LogP contribution >= 0.6 is 0 Å². The molecule has 0 spiro atoms. The lowest BCUT2D eigenvalue weighted by atomic mass is 9.89. The number of fused-ring (bicyclic) bond motifs is 1. The van der Waals surface area contributed by atoms with Gasteiger partial charge in [0.05, 0.1) is 5.75 Å². The second-order valence-corrected chi connectivity index (χ2v) is 6.78. The topological polar surface area (TPSA) is 54.4 Å². The van der Waals surface area contributed by atoms with Crippen LogP contribution in [0.3, 0.4) is 0 Å². The minimum Gasteiger partial charge on any atom is -0.286 e. The van der Waals surface area contributed by atoms with Gasteiger partial charge in [-0.1, -0.05) is 72.8 Å². The normalized spacial score (nSPS) is 13.1. The Bertz CT molecular complexity index is 881. The number of benzene rings is 3. The van der Waals surface area contributed by atoms with Crippen molar-refractivity contribution >= 4 is 20.9 Å². The summed E-state index contributed by atoms with van der Waals surface area (Å²) in [4.78, 5) is 0. The van der Waals surface area contributed by atoms with E-state index in [1.807, 2.05) is 72.8 Å². The van der Waals surface area contributed by atoms with Crippen LogP contribution in [-0.2, 0) is 10.1 Å². The third-order valence-corrected chi connectivity index (χ3v) is 4.53. The van der Waals surface area contributed by atoms with Crippen molar-refractivity contribution in [2.75, 3.05) is 5.75 Å². The molecule has 112 valence electrons. The molecule has 0 radical (unpaired) electrons. The summed E-state index contributed by atoms with van der Waals surface area (Å²) in [5.74, 6) is -0.729. The molecule has 0 aromatic heterocycles. The molecule has 0 saturated carbocycles. The fourth-order valence-corrected chi connectivity index (χ4v) is 3.61. The molecule has 3 rings (SSSR count). The van der Waals surface area contributed by atoms with E-state index in [4.69, 9.17) is 0 Å². The van der Waals surface area contributed by atoms with Crippen LogP contribution in [0.2, 0.25) is 0 Å². The lowest BCUT2D eigenvalue weighted by Gasteiger charge is -2.18. The maximum Gasteiger partial charge on any atom is 0.265 e. The van der Waals surface area contributed by atoms with Crippen LogP contribution in [0.15, 0.2) is 72.8 Å². The molecule has 1 unspecified atom stereocenters. The maximum absolute atomic E-state index is 11.5. The van der Waals surface area contributed by atoms with Gasteiger partial charge in [0.2, 0.25) is 0 Å². The number of rotatable bonds is 4. The van der Waals surface area contributed by atoms with Crippen molar-refractivity contribution in [3.8, 4) is 0 Å². The van der Waals surface area contributed by atoms with E-state index in [9.17, 15) is 13.0 Å². The van der Waals surface area contributed by atoms with Gasteiger partial charge in [0.25, 0.3) is 10.1 Å². The summed E-state index contributed by atoms with van der Waals surface area (Å²) < 4.78 is 32.3. The second kappa shape index (κ2) is 5.91. The zero-order valence-corrected chi connectivity index (χ0v) is 12.7. The second-order valence-electron chi connectivity index (χ2n) is 5.28. The molecular weight excluding hydrogens is 296 g/mol. The highest BCUT2D eigenvalue weighted by molar-refractivity contribution is 7.85. The van der Waals surface area contributed by atoms with Crippen molar-refractivity contribution in [1.29, 1.82) is 0 Å². The predicted octanol–water partition coefficient (Wildman–Crippen LogP) is 3.86. The summed E-state index contributed by atoms with van der Waals surface area (Å²) in [5.41, 5.74) is 1.78. The van der Waals surface area contributed by atoms with Gasteiger partial charge in [0.15, 0.2) is 0 Å². The van der Waals surface area contributed by atoms with Gasteiger partial charge in [-0.2, -0.15) is 8.42 Å². The van der Waals surface area contributed by atoms with Crippen molar-refractivity contribution in [2.24, 2.45) is 0 Å². The Kier molecular flexibility index (Phi) is 3.96. The van der Waals surface area contributed by atoms with E-state index >= 15 is 0 Å². The lowest BCUT2D eigenvalue weighted by Crippen LogP contribution is -2.15. The maximum atomic E-state index is 11.5. The molecule has 0 amide bonds. The highest BCUT2D eigenvalue weighted by Crippen LogP contribution is 2.31. The molecule has 0 aliphatic rings. The average Bonchev–Trinajstić information content (AvgIpc) is 2.52. The van der Waals surface area contributed by atoms with E-state index in [0.717, 1.165) is 21.9 Å². The highest BCUT2D eigenvalue weighted by Gasteiger charge is 2.22. The monoisotopic (exact) mass is 312 g/mol. The highest BCUT2D eigenvalue weighted by atomic mass is 32.2. The molecule has 0 heterocycles. The van der Waals surface area contributed by atoms with Crippen molar-refractivity contribution in [1.82, 2.24) is 0 Å². The first-order chi connectivity index (χ1) is 10.5. The van der Waals surface area contributed by atoms with E-state index in [0.29, 0.717) is 0 Å². The van der Waals surface area contributed by atoms with E-state index in [1.54, 1.807) is 0 Å². The Balaban J connectivity index is 2.20.